The number of ether oxygens (including phenoxy) is 1. The standard InChI is InChI=1S/C11H15N5O4S2/c1-7-4-5-21-8(7)22(18,19)15-10(17)13-9-12-6-16(2)11(14-9)20-3/h4-6,9H,1-3H3,(H2,13,15,17). The summed E-state index contributed by atoms with van der Waals surface area (Å²) in [4.78, 5) is 21.2. The van der Waals surface area contributed by atoms with Gasteiger partial charge in [0.2, 0.25) is 6.29 Å². The maximum absolute atomic E-state index is 12.1. The molecule has 120 valence electrons. The molecule has 0 radical (unpaired) electrons. The Kier molecular flexibility index (Phi) is 4.66. The average molecular weight is 345 g/mol. The number of rotatable bonds is 3. The molecule has 2 rings (SSSR count). The highest BCUT2D eigenvalue weighted by Crippen LogP contribution is 2.21. The fourth-order valence-electron chi connectivity index (χ4n) is 1.66. The molecule has 0 fully saturated rings. The van der Waals surface area contributed by atoms with Gasteiger partial charge in [-0.15, -0.1) is 11.3 Å². The number of nitrogens with one attached hydrogen (secondary N) is 2. The van der Waals surface area contributed by atoms with Crippen molar-refractivity contribution in [2.45, 2.75) is 17.4 Å². The largest absolute Gasteiger partial charge is 0.468 e. The number of methoxy groups -OCH3 is 1. The van der Waals surface area contributed by atoms with E-state index >= 15 is 0 Å². The van der Waals surface area contributed by atoms with E-state index in [-0.39, 0.29) is 10.2 Å². The number of thiophene rings is 1. The molecular formula is C11H15N5O4S2. The van der Waals surface area contributed by atoms with Crippen LogP contribution in [-0.4, -0.2) is 52.2 Å². The smallest absolute Gasteiger partial charge is 0.331 e. The molecule has 1 aliphatic rings. The van der Waals surface area contributed by atoms with Gasteiger partial charge in [-0.3, -0.25) is 10.2 Å². The van der Waals surface area contributed by atoms with E-state index in [1.165, 1.54) is 18.3 Å². The predicted octanol–water partition coefficient (Wildman–Crippen LogP) is 0.304. The fraction of sp³-hybridized carbons (Fsp3) is 0.364. The van der Waals surface area contributed by atoms with Crippen molar-refractivity contribution in [3.05, 3.63) is 17.0 Å². The van der Waals surface area contributed by atoms with E-state index in [1.807, 2.05) is 4.72 Å². The van der Waals surface area contributed by atoms with Crippen LogP contribution < -0.4 is 10.0 Å². The molecule has 0 aromatic carbocycles. The summed E-state index contributed by atoms with van der Waals surface area (Å²) < 4.78 is 31.1. The lowest BCUT2D eigenvalue weighted by molar-refractivity contribution is 0.242. The van der Waals surface area contributed by atoms with Gasteiger partial charge in [0.05, 0.1) is 13.4 Å². The third kappa shape index (κ3) is 3.54. The summed E-state index contributed by atoms with van der Waals surface area (Å²) in [6.45, 7) is 1.65. The number of carbonyl (C=O) groups is 1. The van der Waals surface area contributed by atoms with Crippen LogP contribution in [0.3, 0.4) is 0 Å². The molecule has 22 heavy (non-hydrogen) atoms. The highest BCUT2D eigenvalue weighted by atomic mass is 32.2. The van der Waals surface area contributed by atoms with E-state index < -0.39 is 22.3 Å². The first kappa shape index (κ1) is 16.2. The summed E-state index contributed by atoms with van der Waals surface area (Å²) in [5.41, 5.74) is 0.572. The number of carbonyl (C=O) groups excluding carboxylic acids is 1. The Bertz CT molecular complexity index is 725. The summed E-state index contributed by atoms with van der Waals surface area (Å²) in [5, 5.41) is 3.96. The molecular weight excluding hydrogens is 330 g/mol. The number of sulfonamides is 1. The second kappa shape index (κ2) is 6.32. The number of nitrogens with zero attached hydrogens (tertiary/aromatic N) is 3. The molecule has 9 nitrogen and oxygen atoms in total. The monoisotopic (exact) mass is 345 g/mol. The second-order valence-corrected chi connectivity index (χ2v) is 7.13. The maximum atomic E-state index is 12.1. The molecule has 1 atom stereocenters. The number of amidine groups is 1. The number of hydrogen-bond donors (Lipinski definition) is 2. The summed E-state index contributed by atoms with van der Waals surface area (Å²) in [6.07, 6.45) is 0.458. The molecule has 0 saturated heterocycles. The lowest BCUT2D eigenvalue weighted by Gasteiger charge is -2.21. The van der Waals surface area contributed by atoms with Crippen molar-refractivity contribution >= 4 is 39.8 Å². The number of hydrogen-bond acceptors (Lipinski definition) is 8. The van der Waals surface area contributed by atoms with Gasteiger partial charge in [0, 0.05) is 7.05 Å². The number of urea groups is 1. The molecule has 1 aromatic rings. The third-order valence-corrected chi connectivity index (χ3v) is 5.66. The van der Waals surface area contributed by atoms with Crippen molar-refractivity contribution in [1.29, 1.82) is 0 Å². The molecule has 0 aliphatic carbocycles. The van der Waals surface area contributed by atoms with Crippen LogP contribution in [0, 0.1) is 6.92 Å². The highest BCUT2D eigenvalue weighted by Gasteiger charge is 2.23. The van der Waals surface area contributed by atoms with Gasteiger partial charge in [0.25, 0.3) is 16.0 Å². The molecule has 2 heterocycles. The summed E-state index contributed by atoms with van der Waals surface area (Å²) in [7, 11) is -0.814. The fourth-order valence-corrected chi connectivity index (χ4v) is 3.99. The molecule has 1 aliphatic heterocycles. The van der Waals surface area contributed by atoms with Gasteiger partial charge >= 0.3 is 6.03 Å². The minimum absolute atomic E-state index is 0.0932. The second-order valence-electron chi connectivity index (χ2n) is 4.33. The van der Waals surface area contributed by atoms with Crippen LogP contribution in [0.25, 0.3) is 0 Å². The third-order valence-electron chi connectivity index (χ3n) is 2.64. The Balaban J connectivity index is 2.04. The van der Waals surface area contributed by atoms with Gasteiger partial charge in [-0.1, -0.05) is 0 Å². The normalized spacial score (nSPS) is 17.9. The molecule has 1 aromatic heterocycles. The molecule has 1 unspecified atom stereocenters. The first-order valence-corrected chi connectivity index (χ1v) is 8.45. The molecule has 2 amide bonds. The Hall–Kier alpha value is -2.14. The van der Waals surface area contributed by atoms with E-state index in [0.717, 1.165) is 11.3 Å². The van der Waals surface area contributed by atoms with Crippen LogP contribution in [0.4, 0.5) is 4.79 Å². The van der Waals surface area contributed by atoms with Gasteiger partial charge in [-0.2, -0.15) is 4.99 Å². The summed E-state index contributed by atoms with van der Waals surface area (Å²) >= 11 is 1.03. The SMILES string of the molecule is COC1=NC(NC(=O)NS(=O)(=O)c2sccc2C)N=CN1C. The molecule has 11 heteroatoms. The van der Waals surface area contributed by atoms with Crippen molar-refractivity contribution in [3.8, 4) is 0 Å². The van der Waals surface area contributed by atoms with Crippen LogP contribution in [0.2, 0.25) is 0 Å². The molecule has 0 bridgehead atoms. The first-order valence-electron chi connectivity index (χ1n) is 6.09. The topological polar surface area (TPSA) is 112 Å². The highest BCUT2D eigenvalue weighted by molar-refractivity contribution is 7.92. The zero-order valence-corrected chi connectivity index (χ0v) is 13.7. The van der Waals surface area contributed by atoms with Crippen molar-refractivity contribution in [2.75, 3.05) is 14.2 Å². The number of aliphatic imine (C=N–C) groups is 2. The minimum Gasteiger partial charge on any atom is -0.468 e. The van der Waals surface area contributed by atoms with Crippen molar-refractivity contribution in [3.63, 3.8) is 0 Å². The Labute approximate surface area is 131 Å². The minimum atomic E-state index is -3.91. The molecule has 2 N–H and O–H groups in total. The zero-order chi connectivity index (χ0) is 16.3. The zero-order valence-electron chi connectivity index (χ0n) is 12.1. The lowest BCUT2D eigenvalue weighted by Crippen LogP contribution is -2.46. The van der Waals surface area contributed by atoms with Crippen molar-refractivity contribution < 1.29 is 17.9 Å². The Morgan fingerprint density at radius 2 is 2.23 bits per heavy atom. The van der Waals surface area contributed by atoms with Gasteiger partial charge in [-0.25, -0.2) is 22.9 Å². The first-order chi connectivity index (χ1) is 10.3. The lowest BCUT2D eigenvalue weighted by atomic mass is 10.4. The maximum Gasteiger partial charge on any atom is 0.331 e. The van der Waals surface area contributed by atoms with E-state index in [4.69, 9.17) is 4.74 Å². The summed E-state index contributed by atoms with van der Waals surface area (Å²) in [6, 6.07) is 0.990. The molecule has 0 saturated carbocycles. The van der Waals surface area contributed by atoms with Gasteiger partial charge in [0.15, 0.2) is 0 Å². The average Bonchev–Trinajstić information content (AvgIpc) is 2.87. The Morgan fingerprint density at radius 3 is 2.82 bits per heavy atom. The van der Waals surface area contributed by atoms with Crippen LogP contribution >= 0.6 is 11.3 Å². The van der Waals surface area contributed by atoms with Crippen LogP contribution in [0.5, 0.6) is 0 Å². The van der Waals surface area contributed by atoms with Crippen molar-refractivity contribution in [1.82, 2.24) is 14.9 Å². The Morgan fingerprint density at radius 1 is 1.50 bits per heavy atom. The van der Waals surface area contributed by atoms with E-state index in [1.54, 1.807) is 25.4 Å². The van der Waals surface area contributed by atoms with Gasteiger partial charge in [0.1, 0.15) is 4.21 Å². The number of aryl methyl sites for hydroxylation is 1. The van der Waals surface area contributed by atoms with E-state index in [9.17, 15) is 13.2 Å². The predicted molar refractivity (Wildman–Crippen MR) is 82.4 cm³/mol. The van der Waals surface area contributed by atoms with Gasteiger partial charge in [-0.05, 0) is 23.9 Å². The van der Waals surface area contributed by atoms with Gasteiger partial charge < -0.3 is 4.74 Å². The van der Waals surface area contributed by atoms with E-state index in [2.05, 4.69) is 15.3 Å². The quantitative estimate of drug-likeness (QED) is 0.818. The molecule has 0 spiro atoms. The van der Waals surface area contributed by atoms with Crippen molar-refractivity contribution in [2.24, 2.45) is 9.98 Å². The van der Waals surface area contributed by atoms with Crippen LogP contribution in [0.1, 0.15) is 5.56 Å². The van der Waals surface area contributed by atoms with Crippen LogP contribution in [0.15, 0.2) is 25.6 Å². The number of amides is 2. The van der Waals surface area contributed by atoms with E-state index in [0.29, 0.717) is 5.56 Å². The van der Waals surface area contributed by atoms with Crippen LogP contribution in [-0.2, 0) is 14.8 Å². The summed E-state index contributed by atoms with van der Waals surface area (Å²) in [5.74, 6) is 0.